The standard InChI is InChI=1S/C19H13FN2O2S/c1-3-10-22-16-9-8-15(20)11-17(16)25-19(22)21-18(24)14-6-4-13(5-7-14)12(2)23/h1,4-9,11H,10H2,2H3. The monoisotopic (exact) mass is 352 g/mol. The quantitative estimate of drug-likeness (QED) is 0.536. The van der Waals surface area contributed by atoms with Crippen LogP contribution in [0, 0.1) is 18.2 Å². The lowest BCUT2D eigenvalue weighted by atomic mass is 10.1. The van der Waals surface area contributed by atoms with Gasteiger partial charge in [-0.2, -0.15) is 4.99 Å². The van der Waals surface area contributed by atoms with Gasteiger partial charge in [0.2, 0.25) is 0 Å². The molecular formula is C19H13FN2O2S. The fourth-order valence-electron chi connectivity index (χ4n) is 2.38. The molecule has 3 aromatic rings. The van der Waals surface area contributed by atoms with E-state index >= 15 is 0 Å². The second kappa shape index (κ2) is 6.83. The summed E-state index contributed by atoms with van der Waals surface area (Å²) in [6, 6.07) is 10.6. The van der Waals surface area contributed by atoms with E-state index < -0.39 is 5.91 Å². The minimum absolute atomic E-state index is 0.0747. The number of rotatable bonds is 3. The van der Waals surface area contributed by atoms with Gasteiger partial charge in [-0.15, -0.1) is 6.42 Å². The van der Waals surface area contributed by atoms with Crippen LogP contribution in [-0.4, -0.2) is 16.3 Å². The Bertz CT molecular complexity index is 1090. The summed E-state index contributed by atoms with van der Waals surface area (Å²) >= 11 is 1.19. The van der Waals surface area contributed by atoms with Gasteiger partial charge in [-0.05, 0) is 37.3 Å². The number of nitrogens with zero attached hydrogens (tertiary/aromatic N) is 2. The van der Waals surface area contributed by atoms with Crippen LogP contribution in [-0.2, 0) is 6.54 Å². The number of thiazole rings is 1. The van der Waals surface area contributed by atoms with Gasteiger partial charge in [0.25, 0.3) is 5.91 Å². The average Bonchev–Trinajstić information content (AvgIpc) is 2.91. The highest BCUT2D eigenvalue weighted by molar-refractivity contribution is 7.16. The number of carbonyl (C=O) groups excluding carboxylic acids is 2. The Labute approximate surface area is 147 Å². The van der Waals surface area contributed by atoms with Crippen LogP contribution in [0.25, 0.3) is 10.2 Å². The zero-order chi connectivity index (χ0) is 18.0. The van der Waals surface area contributed by atoms with E-state index in [-0.39, 0.29) is 18.1 Å². The molecule has 4 nitrogen and oxygen atoms in total. The minimum atomic E-state index is -0.451. The first-order chi connectivity index (χ1) is 12.0. The fraction of sp³-hybridized carbons (Fsp3) is 0.105. The van der Waals surface area contributed by atoms with Crippen LogP contribution in [0.4, 0.5) is 4.39 Å². The first-order valence-electron chi connectivity index (χ1n) is 7.42. The molecule has 2 aromatic carbocycles. The molecule has 0 N–H and O–H groups in total. The SMILES string of the molecule is C#CCn1c(=NC(=O)c2ccc(C(C)=O)cc2)sc2cc(F)ccc21. The Morgan fingerprint density at radius 3 is 2.52 bits per heavy atom. The molecular weight excluding hydrogens is 339 g/mol. The van der Waals surface area contributed by atoms with Crippen molar-refractivity contribution in [3.63, 3.8) is 0 Å². The Morgan fingerprint density at radius 1 is 1.20 bits per heavy atom. The van der Waals surface area contributed by atoms with E-state index in [1.54, 1.807) is 34.9 Å². The van der Waals surface area contributed by atoms with Crippen molar-refractivity contribution < 1.29 is 14.0 Å². The highest BCUT2D eigenvalue weighted by Gasteiger charge is 2.10. The predicted octanol–water partition coefficient (Wildman–Crippen LogP) is 3.42. The maximum absolute atomic E-state index is 13.4. The molecule has 0 spiro atoms. The second-order valence-corrected chi connectivity index (χ2v) is 6.35. The number of terminal acetylenes is 1. The zero-order valence-corrected chi connectivity index (χ0v) is 14.1. The summed E-state index contributed by atoms with van der Waals surface area (Å²) in [6.45, 7) is 1.68. The summed E-state index contributed by atoms with van der Waals surface area (Å²) in [7, 11) is 0. The summed E-state index contributed by atoms with van der Waals surface area (Å²) in [5.41, 5.74) is 1.61. The van der Waals surface area contributed by atoms with Crippen LogP contribution in [0.5, 0.6) is 0 Å². The van der Waals surface area contributed by atoms with Crippen LogP contribution >= 0.6 is 11.3 Å². The van der Waals surface area contributed by atoms with Crippen LogP contribution in [0.15, 0.2) is 47.5 Å². The Hall–Kier alpha value is -3.04. The lowest BCUT2D eigenvalue weighted by Gasteiger charge is -2.00. The fourth-order valence-corrected chi connectivity index (χ4v) is 3.43. The molecule has 124 valence electrons. The van der Waals surface area contributed by atoms with Crippen molar-refractivity contribution in [2.24, 2.45) is 4.99 Å². The highest BCUT2D eigenvalue weighted by Crippen LogP contribution is 2.18. The van der Waals surface area contributed by atoms with Gasteiger partial charge in [-0.3, -0.25) is 9.59 Å². The van der Waals surface area contributed by atoms with E-state index in [9.17, 15) is 14.0 Å². The molecule has 3 rings (SSSR count). The Kier molecular flexibility index (Phi) is 4.59. The largest absolute Gasteiger partial charge is 0.305 e. The van der Waals surface area contributed by atoms with Crippen molar-refractivity contribution in [1.29, 1.82) is 0 Å². The van der Waals surface area contributed by atoms with Gasteiger partial charge in [0.1, 0.15) is 5.82 Å². The van der Waals surface area contributed by atoms with Gasteiger partial charge < -0.3 is 4.57 Å². The molecule has 1 aromatic heterocycles. The number of Topliss-reactive ketones (excluding diaryl/α,β-unsaturated/α-hetero) is 1. The van der Waals surface area contributed by atoms with Gasteiger partial charge in [0.05, 0.1) is 16.8 Å². The summed E-state index contributed by atoms with van der Waals surface area (Å²) in [5.74, 6) is 1.63. The molecule has 0 radical (unpaired) electrons. The molecule has 6 heteroatoms. The topological polar surface area (TPSA) is 51.4 Å². The molecule has 0 bridgehead atoms. The predicted molar refractivity (Wildman–Crippen MR) is 94.9 cm³/mol. The van der Waals surface area contributed by atoms with Gasteiger partial charge in [0.15, 0.2) is 10.6 Å². The van der Waals surface area contributed by atoms with Crippen molar-refractivity contribution >= 4 is 33.2 Å². The molecule has 0 atom stereocenters. The van der Waals surface area contributed by atoms with Crippen LogP contribution < -0.4 is 4.80 Å². The van der Waals surface area contributed by atoms with E-state index in [4.69, 9.17) is 6.42 Å². The van der Waals surface area contributed by atoms with Gasteiger partial charge >= 0.3 is 0 Å². The number of hydrogen-bond donors (Lipinski definition) is 0. The number of aromatic nitrogens is 1. The van der Waals surface area contributed by atoms with E-state index in [1.165, 1.54) is 30.4 Å². The van der Waals surface area contributed by atoms with Crippen LogP contribution in [0.2, 0.25) is 0 Å². The smallest absolute Gasteiger partial charge is 0.279 e. The second-order valence-electron chi connectivity index (χ2n) is 5.34. The molecule has 0 saturated heterocycles. The first-order valence-corrected chi connectivity index (χ1v) is 8.23. The number of fused-ring (bicyclic) bond motifs is 1. The number of benzene rings is 2. The third kappa shape index (κ3) is 3.42. The minimum Gasteiger partial charge on any atom is -0.305 e. The average molecular weight is 352 g/mol. The third-order valence-corrected chi connectivity index (χ3v) is 4.67. The van der Waals surface area contributed by atoms with Crippen LogP contribution in [0.1, 0.15) is 27.6 Å². The summed E-state index contributed by atoms with van der Waals surface area (Å²) in [4.78, 5) is 28.2. The van der Waals surface area contributed by atoms with Crippen molar-refractivity contribution in [3.8, 4) is 12.3 Å². The number of amides is 1. The summed E-state index contributed by atoms with van der Waals surface area (Å²) in [5, 5.41) is 0. The molecule has 1 heterocycles. The highest BCUT2D eigenvalue weighted by atomic mass is 32.1. The van der Waals surface area contributed by atoms with Crippen molar-refractivity contribution in [3.05, 3.63) is 64.2 Å². The van der Waals surface area contributed by atoms with Crippen molar-refractivity contribution in [1.82, 2.24) is 4.57 Å². The molecule has 0 aliphatic rings. The van der Waals surface area contributed by atoms with E-state index in [0.29, 0.717) is 20.6 Å². The number of hydrogen-bond acceptors (Lipinski definition) is 3. The molecule has 0 aliphatic carbocycles. The first kappa shape index (κ1) is 16.8. The molecule has 0 unspecified atom stereocenters. The maximum atomic E-state index is 13.4. The normalized spacial score (nSPS) is 11.5. The van der Waals surface area contributed by atoms with Crippen molar-refractivity contribution in [2.75, 3.05) is 0 Å². The number of carbonyl (C=O) groups is 2. The lowest BCUT2D eigenvalue weighted by Crippen LogP contribution is -2.16. The van der Waals surface area contributed by atoms with E-state index in [1.807, 2.05) is 0 Å². The third-order valence-electron chi connectivity index (χ3n) is 3.63. The molecule has 25 heavy (non-hydrogen) atoms. The van der Waals surface area contributed by atoms with Crippen LogP contribution in [0.3, 0.4) is 0 Å². The van der Waals surface area contributed by atoms with Gasteiger partial charge in [-0.25, -0.2) is 4.39 Å². The molecule has 0 aliphatic heterocycles. The van der Waals surface area contributed by atoms with Gasteiger partial charge in [0, 0.05) is 11.1 Å². The van der Waals surface area contributed by atoms with Crippen molar-refractivity contribution in [2.45, 2.75) is 13.5 Å². The summed E-state index contributed by atoms with van der Waals surface area (Å²) < 4.78 is 15.8. The Balaban J connectivity index is 2.08. The maximum Gasteiger partial charge on any atom is 0.279 e. The van der Waals surface area contributed by atoms with E-state index in [2.05, 4.69) is 10.9 Å². The summed E-state index contributed by atoms with van der Waals surface area (Å²) in [6.07, 6.45) is 5.40. The van der Waals surface area contributed by atoms with E-state index in [0.717, 1.165) is 5.52 Å². The number of halogens is 1. The molecule has 0 fully saturated rings. The number of ketones is 1. The lowest BCUT2D eigenvalue weighted by molar-refractivity contribution is 0.0991. The molecule has 1 amide bonds. The zero-order valence-electron chi connectivity index (χ0n) is 13.3. The molecule has 0 saturated carbocycles. The Morgan fingerprint density at radius 2 is 1.88 bits per heavy atom. The van der Waals surface area contributed by atoms with Gasteiger partial charge in [-0.1, -0.05) is 29.4 Å².